The van der Waals surface area contributed by atoms with E-state index in [-0.39, 0.29) is 0 Å². The Morgan fingerprint density at radius 1 is 1.37 bits per heavy atom. The number of hydrogen-bond donors (Lipinski definition) is 2. The van der Waals surface area contributed by atoms with Gasteiger partial charge in [0, 0.05) is 17.0 Å². The fourth-order valence-electron chi connectivity index (χ4n) is 2.19. The molecule has 1 saturated heterocycles. The van der Waals surface area contributed by atoms with Crippen LogP contribution in [0.15, 0.2) is 45.8 Å². The largest absolute Gasteiger partial charge is 0.490 e. The van der Waals surface area contributed by atoms with Gasteiger partial charge in [0.1, 0.15) is 6.61 Å². The van der Waals surface area contributed by atoms with Crippen LogP contribution >= 0.6 is 11.8 Å². The Kier molecular flexibility index (Phi) is 7.99. The highest BCUT2D eigenvalue weighted by Gasteiger charge is 2.38. The molecule has 0 amide bonds. The first-order valence-electron chi connectivity index (χ1n) is 8.14. The molecular formula is C17H19F3N2O4S. The second kappa shape index (κ2) is 10.2. The zero-order chi connectivity index (χ0) is 19.7. The summed E-state index contributed by atoms with van der Waals surface area (Å²) < 4.78 is 42.7. The lowest BCUT2D eigenvalue weighted by molar-refractivity contribution is -0.192. The molecule has 1 aliphatic rings. The van der Waals surface area contributed by atoms with Crippen molar-refractivity contribution in [3.05, 3.63) is 42.2 Å². The number of aliphatic carboxylic acids is 1. The Morgan fingerprint density at radius 2 is 2.07 bits per heavy atom. The molecule has 2 heterocycles. The summed E-state index contributed by atoms with van der Waals surface area (Å²) in [6, 6.07) is 12.6. The molecule has 27 heavy (non-hydrogen) atoms. The van der Waals surface area contributed by atoms with Gasteiger partial charge in [-0.05, 0) is 36.7 Å². The second-order valence-electron chi connectivity index (χ2n) is 5.64. The van der Waals surface area contributed by atoms with Gasteiger partial charge in [0.2, 0.25) is 0 Å². The van der Waals surface area contributed by atoms with Crippen molar-refractivity contribution in [2.75, 3.05) is 13.2 Å². The van der Waals surface area contributed by atoms with E-state index in [9.17, 15) is 13.2 Å². The van der Waals surface area contributed by atoms with Gasteiger partial charge in [0.15, 0.2) is 5.76 Å². The van der Waals surface area contributed by atoms with Gasteiger partial charge < -0.3 is 19.7 Å². The van der Waals surface area contributed by atoms with Gasteiger partial charge in [-0.3, -0.25) is 0 Å². The van der Waals surface area contributed by atoms with E-state index >= 15 is 0 Å². The minimum absolute atomic E-state index is 0.453. The molecule has 1 aliphatic heterocycles. The lowest BCUT2D eigenvalue weighted by atomic mass is 10.2. The number of nitrogens with one attached hydrogen (secondary N) is 1. The molecule has 3 rings (SSSR count). The third-order valence-electron chi connectivity index (χ3n) is 3.50. The van der Waals surface area contributed by atoms with Gasteiger partial charge in [-0.2, -0.15) is 13.2 Å². The van der Waals surface area contributed by atoms with E-state index in [4.69, 9.17) is 19.2 Å². The smallest absolute Gasteiger partial charge is 0.475 e. The number of ether oxygens (including phenoxy) is 1. The van der Waals surface area contributed by atoms with E-state index in [1.165, 1.54) is 17.7 Å². The highest BCUT2D eigenvalue weighted by atomic mass is 32.2. The van der Waals surface area contributed by atoms with Crippen LogP contribution in [0.5, 0.6) is 5.88 Å². The summed E-state index contributed by atoms with van der Waals surface area (Å²) in [4.78, 5) is 10.1. The monoisotopic (exact) mass is 404 g/mol. The molecule has 10 heteroatoms. The topological polar surface area (TPSA) is 84.6 Å². The number of carbonyl (C=O) groups is 1. The second-order valence-corrected chi connectivity index (χ2v) is 6.69. The van der Waals surface area contributed by atoms with Crippen molar-refractivity contribution in [3.8, 4) is 5.88 Å². The van der Waals surface area contributed by atoms with Crippen LogP contribution in [0.25, 0.3) is 0 Å². The normalized spacial score (nSPS) is 16.5. The van der Waals surface area contributed by atoms with Crippen LogP contribution in [0.1, 0.15) is 18.6 Å². The molecule has 2 aromatic rings. The number of nitrogens with zero attached hydrogens (tertiary/aromatic N) is 1. The standard InChI is InChI=1S/C15H18N2O2S.C2HF3O2/c1-2-6-14(7-3-1)20-11-13-9-15(17-19-13)18-10-12-5-4-8-16-12;3-2(4,5)1(6)7/h1-3,6-7,9,12,16H,4-5,8,10-11H2;(H,6,7)/t12-;/m0./s1. The summed E-state index contributed by atoms with van der Waals surface area (Å²) in [6.45, 7) is 1.75. The lowest BCUT2D eigenvalue weighted by Gasteiger charge is -2.08. The fourth-order valence-corrected chi connectivity index (χ4v) is 2.98. The van der Waals surface area contributed by atoms with Crippen LogP contribution in [-0.2, 0) is 10.5 Å². The van der Waals surface area contributed by atoms with E-state index in [2.05, 4.69) is 22.6 Å². The molecule has 0 bridgehead atoms. The summed E-state index contributed by atoms with van der Waals surface area (Å²) in [7, 11) is 0. The van der Waals surface area contributed by atoms with Crippen molar-refractivity contribution in [1.82, 2.24) is 10.5 Å². The van der Waals surface area contributed by atoms with Crippen LogP contribution in [0.2, 0.25) is 0 Å². The number of carboxylic acids is 1. The fraction of sp³-hybridized carbons (Fsp3) is 0.412. The number of hydrogen-bond acceptors (Lipinski definition) is 6. The summed E-state index contributed by atoms with van der Waals surface area (Å²) >= 11 is 1.73. The van der Waals surface area contributed by atoms with E-state index in [1.807, 2.05) is 24.3 Å². The predicted molar refractivity (Wildman–Crippen MR) is 92.7 cm³/mol. The van der Waals surface area contributed by atoms with Gasteiger partial charge in [-0.15, -0.1) is 11.8 Å². The summed E-state index contributed by atoms with van der Waals surface area (Å²) in [5.74, 6) is -0.565. The van der Waals surface area contributed by atoms with E-state index in [1.54, 1.807) is 11.8 Å². The molecule has 2 N–H and O–H groups in total. The zero-order valence-corrected chi connectivity index (χ0v) is 15.1. The first kappa shape index (κ1) is 21.1. The average Bonchev–Trinajstić information content (AvgIpc) is 3.30. The predicted octanol–water partition coefficient (Wildman–Crippen LogP) is 3.73. The molecule has 0 unspecified atom stereocenters. The number of aromatic nitrogens is 1. The molecule has 1 aromatic heterocycles. The molecule has 1 atom stereocenters. The lowest BCUT2D eigenvalue weighted by Crippen LogP contribution is -2.28. The Labute approximate surface area is 158 Å². The van der Waals surface area contributed by atoms with Gasteiger partial charge in [0.05, 0.1) is 5.75 Å². The highest BCUT2D eigenvalue weighted by Crippen LogP contribution is 2.24. The number of rotatable bonds is 6. The average molecular weight is 404 g/mol. The molecule has 1 fully saturated rings. The first-order valence-corrected chi connectivity index (χ1v) is 9.13. The third-order valence-corrected chi connectivity index (χ3v) is 4.53. The number of benzene rings is 1. The van der Waals surface area contributed by atoms with E-state index in [0.29, 0.717) is 18.5 Å². The molecule has 148 valence electrons. The summed E-state index contributed by atoms with van der Waals surface area (Å²) in [5, 5.41) is 14.5. The Balaban J connectivity index is 0.000000321. The Bertz CT molecular complexity index is 704. The molecule has 0 saturated carbocycles. The quantitative estimate of drug-likeness (QED) is 0.710. The van der Waals surface area contributed by atoms with Gasteiger partial charge in [-0.1, -0.05) is 18.2 Å². The summed E-state index contributed by atoms with van der Waals surface area (Å²) in [6.07, 6.45) is -2.68. The van der Waals surface area contributed by atoms with Crippen molar-refractivity contribution >= 4 is 17.7 Å². The first-order chi connectivity index (χ1) is 12.8. The van der Waals surface area contributed by atoms with Crippen LogP contribution in [0, 0.1) is 0 Å². The van der Waals surface area contributed by atoms with Gasteiger partial charge in [0.25, 0.3) is 5.88 Å². The zero-order valence-electron chi connectivity index (χ0n) is 14.2. The number of halogens is 3. The van der Waals surface area contributed by atoms with Crippen molar-refractivity contribution in [3.63, 3.8) is 0 Å². The maximum Gasteiger partial charge on any atom is 0.490 e. The SMILES string of the molecule is O=C(O)C(F)(F)F.c1ccc(SCc2cc(OC[C@@H]3CCCN3)no2)cc1. The minimum atomic E-state index is -5.08. The van der Waals surface area contributed by atoms with Crippen molar-refractivity contribution in [1.29, 1.82) is 0 Å². The van der Waals surface area contributed by atoms with Gasteiger partial charge in [-0.25, -0.2) is 4.79 Å². The summed E-state index contributed by atoms with van der Waals surface area (Å²) in [5.41, 5.74) is 0. The van der Waals surface area contributed by atoms with Crippen molar-refractivity contribution in [2.24, 2.45) is 0 Å². The number of thioether (sulfide) groups is 1. The Hall–Kier alpha value is -2.20. The minimum Gasteiger partial charge on any atom is -0.475 e. The van der Waals surface area contributed by atoms with Gasteiger partial charge >= 0.3 is 12.1 Å². The highest BCUT2D eigenvalue weighted by molar-refractivity contribution is 7.98. The molecule has 0 radical (unpaired) electrons. The molecule has 6 nitrogen and oxygen atoms in total. The van der Waals surface area contributed by atoms with E-state index < -0.39 is 12.1 Å². The van der Waals surface area contributed by atoms with Crippen LogP contribution < -0.4 is 10.1 Å². The van der Waals surface area contributed by atoms with E-state index in [0.717, 1.165) is 18.1 Å². The molecular weight excluding hydrogens is 385 g/mol. The Morgan fingerprint density at radius 3 is 2.67 bits per heavy atom. The van der Waals surface area contributed by atoms with Crippen LogP contribution in [-0.4, -0.2) is 41.6 Å². The maximum atomic E-state index is 10.6. The van der Waals surface area contributed by atoms with Crippen molar-refractivity contribution in [2.45, 2.75) is 35.7 Å². The number of carboxylic acid groups (broad SMARTS) is 1. The van der Waals surface area contributed by atoms with Crippen molar-refractivity contribution < 1.29 is 32.3 Å². The molecule has 1 aromatic carbocycles. The maximum absolute atomic E-state index is 10.6. The third kappa shape index (κ3) is 7.92. The van der Waals surface area contributed by atoms with Crippen LogP contribution in [0.3, 0.4) is 0 Å². The van der Waals surface area contributed by atoms with Crippen LogP contribution in [0.4, 0.5) is 13.2 Å². The molecule has 0 aliphatic carbocycles. The number of alkyl halides is 3. The molecule has 0 spiro atoms.